The first-order chi connectivity index (χ1) is 15.7. The standard InChI is InChI=1S/C22H17N9O/c1-15(13-30-14-26-28-29-30)32-19-12-25-22(18-11-24-20-8-5-9-27-31(18)20)17(10-23)21(19)16-6-3-2-4-7-16/h2-9,11-12,14-15H,13H2,1H3. The molecule has 0 amide bonds. The van der Waals surface area contributed by atoms with Gasteiger partial charge in [0.2, 0.25) is 0 Å². The minimum atomic E-state index is -0.266. The number of rotatable bonds is 6. The topological polar surface area (TPSA) is 120 Å². The summed E-state index contributed by atoms with van der Waals surface area (Å²) in [5.41, 5.74) is 3.67. The maximum Gasteiger partial charge on any atom is 0.154 e. The van der Waals surface area contributed by atoms with Gasteiger partial charge in [-0.3, -0.25) is 0 Å². The van der Waals surface area contributed by atoms with Crippen molar-refractivity contribution in [2.75, 3.05) is 0 Å². The second kappa shape index (κ2) is 8.23. The molecule has 1 unspecified atom stereocenters. The second-order valence-corrected chi connectivity index (χ2v) is 7.10. The van der Waals surface area contributed by atoms with E-state index in [-0.39, 0.29) is 6.10 Å². The summed E-state index contributed by atoms with van der Waals surface area (Å²) in [4.78, 5) is 8.97. The number of nitrogens with zero attached hydrogens (tertiary/aromatic N) is 9. The van der Waals surface area contributed by atoms with Crippen LogP contribution in [0.1, 0.15) is 12.5 Å². The lowest BCUT2D eigenvalue weighted by atomic mass is 9.98. The zero-order valence-corrected chi connectivity index (χ0v) is 17.1. The third-order valence-electron chi connectivity index (χ3n) is 4.90. The Hall–Kier alpha value is -4.65. The van der Waals surface area contributed by atoms with E-state index in [9.17, 15) is 5.26 Å². The molecule has 0 saturated carbocycles. The van der Waals surface area contributed by atoms with E-state index in [1.54, 1.807) is 27.8 Å². The number of pyridine rings is 1. The molecule has 0 aliphatic carbocycles. The highest BCUT2D eigenvalue weighted by molar-refractivity contribution is 5.83. The van der Waals surface area contributed by atoms with Crippen LogP contribution in [0.5, 0.6) is 5.75 Å². The Morgan fingerprint density at radius 2 is 1.97 bits per heavy atom. The van der Waals surface area contributed by atoms with Crippen molar-refractivity contribution >= 4 is 5.65 Å². The van der Waals surface area contributed by atoms with Crippen molar-refractivity contribution < 1.29 is 4.74 Å². The van der Waals surface area contributed by atoms with Gasteiger partial charge in [-0.25, -0.2) is 19.2 Å². The molecule has 0 radical (unpaired) electrons. The molecular formula is C22H17N9O. The molecule has 156 valence electrons. The predicted octanol–water partition coefficient (Wildman–Crippen LogP) is 2.78. The number of hydrogen-bond donors (Lipinski definition) is 0. The molecule has 32 heavy (non-hydrogen) atoms. The first-order valence-electron chi connectivity index (χ1n) is 9.89. The van der Waals surface area contributed by atoms with Gasteiger partial charge in [0.1, 0.15) is 35.6 Å². The van der Waals surface area contributed by atoms with E-state index in [1.165, 1.54) is 6.33 Å². The number of fused-ring (bicyclic) bond motifs is 1. The highest BCUT2D eigenvalue weighted by atomic mass is 16.5. The van der Waals surface area contributed by atoms with E-state index in [2.05, 4.69) is 36.7 Å². The first kappa shape index (κ1) is 19.3. The van der Waals surface area contributed by atoms with E-state index in [1.807, 2.05) is 49.4 Å². The van der Waals surface area contributed by atoms with Gasteiger partial charge in [-0.1, -0.05) is 30.3 Å². The number of hydrogen-bond acceptors (Lipinski definition) is 8. The summed E-state index contributed by atoms with van der Waals surface area (Å²) in [6.45, 7) is 2.35. The van der Waals surface area contributed by atoms with Gasteiger partial charge in [-0.05, 0) is 35.0 Å². The second-order valence-electron chi connectivity index (χ2n) is 7.10. The lowest BCUT2D eigenvalue weighted by Gasteiger charge is -2.19. The van der Waals surface area contributed by atoms with Crippen LogP contribution < -0.4 is 4.74 Å². The van der Waals surface area contributed by atoms with Gasteiger partial charge in [0.25, 0.3) is 0 Å². The quantitative estimate of drug-likeness (QED) is 0.409. The number of aromatic nitrogens is 8. The fourth-order valence-corrected chi connectivity index (χ4v) is 3.55. The Labute approximate surface area is 182 Å². The summed E-state index contributed by atoms with van der Waals surface area (Å²) in [6, 6.07) is 15.6. The largest absolute Gasteiger partial charge is 0.486 e. The Morgan fingerprint density at radius 3 is 2.75 bits per heavy atom. The van der Waals surface area contributed by atoms with Crippen LogP contribution in [0.3, 0.4) is 0 Å². The van der Waals surface area contributed by atoms with Crippen molar-refractivity contribution in [3.05, 3.63) is 72.9 Å². The highest BCUT2D eigenvalue weighted by Crippen LogP contribution is 2.38. The number of ether oxygens (including phenoxy) is 1. The molecule has 0 aliphatic heterocycles. The molecule has 10 heteroatoms. The lowest BCUT2D eigenvalue weighted by Crippen LogP contribution is -2.20. The van der Waals surface area contributed by atoms with E-state index < -0.39 is 0 Å². The molecule has 0 fully saturated rings. The van der Waals surface area contributed by atoms with E-state index >= 15 is 0 Å². The minimum absolute atomic E-state index is 0.266. The van der Waals surface area contributed by atoms with Crippen LogP contribution in [0.2, 0.25) is 0 Å². The van der Waals surface area contributed by atoms with Crippen LogP contribution >= 0.6 is 0 Å². The molecule has 4 heterocycles. The highest BCUT2D eigenvalue weighted by Gasteiger charge is 2.22. The Kier molecular flexibility index (Phi) is 4.97. The summed E-state index contributed by atoms with van der Waals surface area (Å²) in [7, 11) is 0. The fourth-order valence-electron chi connectivity index (χ4n) is 3.55. The molecule has 0 saturated heterocycles. The van der Waals surface area contributed by atoms with Gasteiger partial charge in [0, 0.05) is 11.8 Å². The Bertz CT molecular complexity index is 1400. The minimum Gasteiger partial charge on any atom is -0.486 e. The molecule has 10 nitrogen and oxygen atoms in total. The van der Waals surface area contributed by atoms with Gasteiger partial charge < -0.3 is 4.74 Å². The summed E-state index contributed by atoms with van der Waals surface area (Å²) in [5, 5.41) is 25.7. The van der Waals surface area contributed by atoms with Crippen LogP contribution in [-0.2, 0) is 6.54 Å². The van der Waals surface area contributed by atoms with Crippen molar-refractivity contribution in [1.29, 1.82) is 5.26 Å². The van der Waals surface area contributed by atoms with Gasteiger partial charge >= 0.3 is 0 Å². The zero-order chi connectivity index (χ0) is 21.9. The Balaban J connectivity index is 1.64. The predicted molar refractivity (Wildman–Crippen MR) is 114 cm³/mol. The summed E-state index contributed by atoms with van der Waals surface area (Å²) in [5.74, 6) is 0.499. The molecule has 0 N–H and O–H groups in total. The normalized spacial score (nSPS) is 11.9. The van der Waals surface area contributed by atoms with Crippen molar-refractivity contribution in [3.63, 3.8) is 0 Å². The average molecular weight is 423 g/mol. The van der Waals surface area contributed by atoms with Gasteiger partial charge in [0.05, 0.1) is 24.5 Å². The van der Waals surface area contributed by atoms with E-state index in [0.29, 0.717) is 40.5 Å². The average Bonchev–Trinajstić information content (AvgIpc) is 3.49. The zero-order valence-electron chi connectivity index (χ0n) is 17.1. The van der Waals surface area contributed by atoms with Crippen LogP contribution in [0.15, 0.2) is 67.4 Å². The molecule has 1 atom stereocenters. The van der Waals surface area contributed by atoms with Crippen molar-refractivity contribution in [3.8, 4) is 34.3 Å². The molecular weight excluding hydrogens is 406 g/mol. The van der Waals surface area contributed by atoms with E-state index in [0.717, 1.165) is 5.56 Å². The monoisotopic (exact) mass is 423 g/mol. The molecule has 5 rings (SSSR count). The smallest absolute Gasteiger partial charge is 0.154 e. The van der Waals surface area contributed by atoms with Crippen molar-refractivity contribution in [2.45, 2.75) is 19.6 Å². The summed E-state index contributed by atoms with van der Waals surface area (Å²) >= 11 is 0. The first-order valence-corrected chi connectivity index (χ1v) is 9.89. The summed E-state index contributed by atoms with van der Waals surface area (Å²) in [6.07, 6.45) is 6.23. The third kappa shape index (κ3) is 3.52. The molecule has 0 spiro atoms. The van der Waals surface area contributed by atoms with Crippen LogP contribution in [0, 0.1) is 11.3 Å². The number of tetrazole rings is 1. The number of benzene rings is 1. The van der Waals surface area contributed by atoms with Crippen molar-refractivity contribution in [1.82, 2.24) is 39.8 Å². The third-order valence-corrected chi connectivity index (χ3v) is 4.90. The van der Waals surface area contributed by atoms with Gasteiger partial charge in [0.15, 0.2) is 5.65 Å². The maximum atomic E-state index is 10.2. The molecule has 5 aromatic rings. The molecule has 0 bridgehead atoms. The Morgan fingerprint density at radius 1 is 1.09 bits per heavy atom. The number of nitriles is 1. The number of imidazole rings is 1. The molecule has 1 aromatic carbocycles. The summed E-state index contributed by atoms with van der Waals surface area (Å²) < 4.78 is 9.46. The van der Waals surface area contributed by atoms with Crippen LogP contribution in [-0.4, -0.2) is 45.9 Å². The molecule has 0 aliphatic rings. The molecule has 4 aromatic heterocycles. The maximum absolute atomic E-state index is 10.2. The SMILES string of the molecule is CC(Cn1cnnn1)Oc1cnc(-c2cnc3cccnn23)c(C#N)c1-c1ccccc1. The fraction of sp³-hybridized carbons (Fsp3) is 0.136. The van der Waals surface area contributed by atoms with Gasteiger partial charge in [-0.15, -0.1) is 5.10 Å². The van der Waals surface area contributed by atoms with Crippen LogP contribution in [0.4, 0.5) is 0 Å². The lowest BCUT2D eigenvalue weighted by molar-refractivity contribution is 0.193. The van der Waals surface area contributed by atoms with Crippen LogP contribution in [0.25, 0.3) is 28.2 Å². The van der Waals surface area contributed by atoms with Crippen molar-refractivity contribution in [2.24, 2.45) is 0 Å². The van der Waals surface area contributed by atoms with Gasteiger partial charge in [-0.2, -0.15) is 10.4 Å². The van der Waals surface area contributed by atoms with E-state index in [4.69, 9.17) is 4.74 Å².